The van der Waals surface area contributed by atoms with E-state index in [4.69, 9.17) is 23.8 Å². The molecule has 1 heterocycles. The Labute approximate surface area is 252 Å². The Hall–Kier alpha value is -2.12. The fourth-order valence-corrected chi connectivity index (χ4v) is 9.96. The van der Waals surface area contributed by atoms with E-state index in [1.54, 1.807) is 59.3 Å². The molecule has 0 amide bonds. The van der Waals surface area contributed by atoms with Gasteiger partial charge in [0.05, 0.1) is 30.2 Å². The first kappa shape index (κ1) is 33.4. The van der Waals surface area contributed by atoms with Crippen LogP contribution in [0.1, 0.15) is 68.7 Å². The van der Waals surface area contributed by atoms with Gasteiger partial charge in [0, 0.05) is 16.8 Å². The molecule has 0 aromatic heterocycles. The van der Waals surface area contributed by atoms with E-state index in [9.17, 15) is 9.59 Å². The van der Waals surface area contributed by atoms with Crippen molar-refractivity contribution in [3.05, 3.63) is 71.8 Å². The maximum absolute atomic E-state index is 13.0. The van der Waals surface area contributed by atoms with Crippen LogP contribution in [-0.4, -0.2) is 64.1 Å². The van der Waals surface area contributed by atoms with Crippen molar-refractivity contribution in [2.24, 2.45) is 0 Å². The summed E-state index contributed by atoms with van der Waals surface area (Å²) in [5.41, 5.74) is 0.869. The monoisotopic (exact) mass is 618 g/mol. The lowest BCUT2D eigenvalue weighted by molar-refractivity contribution is 0.00386. The smallest absolute Gasteiger partial charge is 0.338 e. The minimum atomic E-state index is -1.61. The summed E-state index contributed by atoms with van der Waals surface area (Å²) >= 11 is 0. The van der Waals surface area contributed by atoms with Gasteiger partial charge >= 0.3 is 11.9 Å². The van der Waals surface area contributed by atoms with Gasteiger partial charge in [-0.15, -0.1) is 0 Å². The molecule has 41 heavy (non-hydrogen) atoms. The summed E-state index contributed by atoms with van der Waals surface area (Å²) in [7, 11) is 1.49. The Morgan fingerprint density at radius 3 is 1.83 bits per heavy atom. The number of hydrogen-bond donors (Lipinski definition) is 0. The third kappa shape index (κ3) is 8.93. The van der Waals surface area contributed by atoms with Crippen molar-refractivity contribution in [1.29, 1.82) is 5.26 Å². The van der Waals surface area contributed by atoms with Gasteiger partial charge in [-0.3, -0.25) is 0 Å². The van der Waals surface area contributed by atoms with Gasteiger partial charge in [0.15, 0.2) is 0 Å². The summed E-state index contributed by atoms with van der Waals surface area (Å²) in [4.78, 5) is 26.0. The van der Waals surface area contributed by atoms with Gasteiger partial charge in [0.1, 0.15) is 24.1 Å². The van der Waals surface area contributed by atoms with E-state index in [2.05, 4.69) is 52.3 Å². The fourth-order valence-electron chi connectivity index (χ4n) is 4.45. The highest BCUT2D eigenvalue weighted by molar-refractivity contribution is 8.78. The number of ether oxygens (including phenoxy) is 2. The molecule has 1 aliphatic rings. The van der Waals surface area contributed by atoms with Crippen LogP contribution in [0.5, 0.6) is 0 Å². The molecule has 11 heteroatoms. The number of nitrogens with zero attached hydrogens (tertiary/aromatic N) is 2. The zero-order chi connectivity index (χ0) is 30.0. The van der Waals surface area contributed by atoms with Crippen molar-refractivity contribution >= 4 is 42.1 Å². The van der Waals surface area contributed by atoms with E-state index in [1.807, 2.05) is 12.1 Å². The number of esters is 2. The molecule has 0 N–H and O–H groups in total. The van der Waals surface area contributed by atoms with Crippen LogP contribution in [0, 0.1) is 11.3 Å². The zero-order valence-electron chi connectivity index (χ0n) is 24.4. The van der Waals surface area contributed by atoms with Gasteiger partial charge < -0.3 is 18.5 Å². The highest BCUT2D eigenvalue weighted by atomic mass is 33.1. The molecule has 3 rings (SSSR count). The largest absolute Gasteiger partial charge is 0.460 e. The summed E-state index contributed by atoms with van der Waals surface area (Å²) in [6.45, 7) is 12.6. The molecule has 0 aliphatic carbocycles. The van der Waals surface area contributed by atoms with Gasteiger partial charge in [-0.05, 0) is 65.8 Å². The number of carbonyl (C=O) groups is 2. The third-order valence-electron chi connectivity index (χ3n) is 6.30. The molecule has 1 aliphatic heterocycles. The molecule has 1 fully saturated rings. The first-order valence-corrected chi connectivity index (χ1v) is 16.8. The molecular weight excluding hydrogens is 579 g/mol. The molecule has 0 spiro atoms. The van der Waals surface area contributed by atoms with E-state index >= 15 is 0 Å². The first-order chi connectivity index (χ1) is 19.5. The number of nitriles is 1. The molecule has 2 atom stereocenters. The van der Waals surface area contributed by atoms with E-state index in [-0.39, 0.29) is 38.3 Å². The molecule has 1 saturated heterocycles. The molecule has 0 radical (unpaired) electrons. The van der Waals surface area contributed by atoms with Crippen LogP contribution in [0.25, 0.3) is 0 Å². The summed E-state index contributed by atoms with van der Waals surface area (Å²) in [5.74, 6) is -0.932. The summed E-state index contributed by atoms with van der Waals surface area (Å²) < 4.78 is 25.6. The maximum atomic E-state index is 13.0. The van der Waals surface area contributed by atoms with Crippen molar-refractivity contribution in [2.45, 2.75) is 75.6 Å². The highest BCUT2D eigenvalue weighted by Crippen LogP contribution is 2.62. The van der Waals surface area contributed by atoms with E-state index in [0.29, 0.717) is 11.1 Å². The van der Waals surface area contributed by atoms with Crippen molar-refractivity contribution in [3.63, 3.8) is 0 Å². The van der Waals surface area contributed by atoms with Crippen molar-refractivity contribution in [3.8, 4) is 6.07 Å². The molecule has 2 aromatic rings. The van der Waals surface area contributed by atoms with E-state index in [1.165, 1.54) is 10.8 Å². The van der Waals surface area contributed by atoms with Crippen LogP contribution in [0.3, 0.4) is 0 Å². The molecule has 8 nitrogen and oxygen atoms in total. The summed E-state index contributed by atoms with van der Waals surface area (Å²) in [6.07, 6.45) is -0.302. The standard InChI is InChI=1S/C30H39N2O6PS2/c1-22(2)32(23(3)4)39(37-19-13-18-31)38-28-29(5,6)40-41-30(28,20-35-26(33)24-14-9-7-10-15-24)21-36-27(34)25-16-11-8-12-17-25/h7-12,14-17,22-23,28H,13,19-21H2,1-6H3. The number of benzene rings is 2. The van der Waals surface area contributed by atoms with E-state index < -0.39 is 36.1 Å². The van der Waals surface area contributed by atoms with Crippen LogP contribution < -0.4 is 0 Å². The predicted molar refractivity (Wildman–Crippen MR) is 166 cm³/mol. The molecular formula is C30H39N2O6PS2. The van der Waals surface area contributed by atoms with Crippen molar-refractivity contribution in [2.75, 3.05) is 19.8 Å². The van der Waals surface area contributed by atoms with Gasteiger partial charge in [-0.2, -0.15) is 5.26 Å². The van der Waals surface area contributed by atoms with Crippen LogP contribution in [-0.2, 0) is 18.5 Å². The maximum Gasteiger partial charge on any atom is 0.338 e. The second kappa shape index (κ2) is 15.4. The molecule has 2 aromatic carbocycles. The van der Waals surface area contributed by atoms with E-state index in [0.717, 1.165) is 0 Å². The minimum Gasteiger partial charge on any atom is -0.460 e. The Morgan fingerprint density at radius 1 is 0.902 bits per heavy atom. The molecule has 222 valence electrons. The predicted octanol–water partition coefficient (Wildman–Crippen LogP) is 7.27. The van der Waals surface area contributed by atoms with Crippen molar-refractivity contribution < 1.29 is 28.1 Å². The fraction of sp³-hybridized carbons (Fsp3) is 0.500. The Balaban J connectivity index is 1.95. The molecule has 0 bridgehead atoms. The van der Waals surface area contributed by atoms with Gasteiger partial charge in [-0.25, -0.2) is 14.3 Å². The molecule has 0 saturated carbocycles. The Kier molecular flexibility index (Phi) is 12.5. The normalized spacial score (nSPS) is 18.3. The second-order valence-corrected chi connectivity index (χ2v) is 15.4. The Bertz CT molecular complexity index is 1110. The van der Waals surface area contributed by atoms with Gasteiger partial charge in [0.25, 0.3) is 8.53 Å². The second-order valence-electron chi connectivity index (χ2n) is 10.8. The summed E-state index contributed by atoms with van der Waals surface area (Å²) in [6, 6.07) is 19.9. The number of carbonyl (C=O) groups excluding carboxylic acids is 2. The van der Waals surface area contributed by atoms with Gasteiger partial charge in [0.2, 0.25) is 0 Å². The highest BCUT2D eigenvalue weighted by Gasteiger charge is 2.59. The quantitative estimate of drug-likeness (QED) is 0.0930. The van der Waals surface area contributed by atoms with Crippen molar-refractivity contribution in [1.82, 2.24) is 4.67 Å². The van der Waals surface area contributed by atoms with Crippen LogP contribution in [0.15, 0.2) is 60.7 Å². The third-order valence-corrected chi connectivity index (χ3v) is 12.4. The Morgan fingerprint density at radius 2 is 1.39 bits per heavy atom. The molecule has 2 unspecified atom stereocenters. The number of hydrogen-bond acceptors (Lipinski definition) is 10. The lowest BCUT2D eigenvalue weighted by atomic mass is 9.92. The average Bonchev–Trinajstić information content (AvgIpc) is 3.20. The average molecular weight is 619 g/mol. The minimum absolute atomic E-state index is 0.0424. The number of rotatable bonds is 14. The van der Waals surface area contributed by atoms with Crippen LogP contribution in [0.4, 0.5) is 0 Å². The SMILES string of the molecule is CC(C)N(C(C)C)P(OCCC#N)OC1C(C)(C)SSC1(COC(=O)c1ccccc1)COC(=O)c1ccccc1. The summed E-state index contributed by atoms with van der Waals surface area (Å²) in [5, 5.41) is 9.14. The van der Waals surface area contributed by atoms with Crippen LogP contribution in [0.2, 0.25) is 0 Å². The first-order valence-electron chi connectivity index (χ1n) is 13.6. The lowest BCUT2D eigenvalue weighted by Gasteiger charge is -2.42. The topological polar surface area (TPSA) is 98.1 Å². The zero-order valence-corrected chi connectivity index (χ0v) is 27.0. The van der Waals surface area contributed by atoms with Crippen LogP contribution >= 0.6 is 30.1 Å². The lowest BCUT2D eigenvalue weighted by Crippen LogP contribution is -2.53. The van der Waals surface area contributed by atoms with Gasteiger partial charge in [-0.1, -0.05) is 58.0 Å².